The highest BCUT2D eigenvalue weighted by Crippen LogP contribution is 2.18. The van der Waals surface area contributed by atoms with Gasteiger partial charge in [0.1, 0.15) is 0 Å². The second-order valence-corrected chi connectivity index (χ2v) is 5.12. The number of imidazole rings is 1. The van der Waals surface area contributed by atoms with Crippen LogP contribution in [0.1, 0.15) is 11.1 Å². The molecule has 2 aromatic heterocycles. The Morgan fingerprint density at radius 2 is 2.15 bits per heavy atom. The summed E-state index contributed by atoms with van der Waals surface area (Å²) in [6, 6.07) is 12.1. The molecule has 0 spiro atoms. The number of nitrogens with zero attached hydrogens (tertiary/aromatic N) is 2. The average molecular weight is 285 g/mol. The third-order valence-electron chi connectivity index (χ3n) is 3.22. The number of methoxy groups -OCH3 is 1. The lowest BCUT2D eigenvalue weighted by molar-refractivity contribution is 0.399. The van der Waals surface area contributed by atoms with Gasteiger partial charge < -0.3 is 9.72 Å². The topological polar surface area (TPSA) is 42.8 Å². The predicted molar refractivity (Wildman–Crippen MR) is 81.8 cm³/mol. The summed E-state index contributed by atoms with van der Waals surface area (Å²) in [5.41, 5.74) is 4.17. The van der Waals surface area contributed by atoms with Crippen molar-refractivity contribution in [1.82, 2.24) is 14.5 Å². The first kappa shape index (κ1) is 12.9. The van der Waals surface area contributed by atoms with E-state index in [9.17, 15) is 0 Å². The van der Waals surface area contributed by atoms with Gasteiger partial charge >= 0.3 is 0 Å². The van der Waals surface area contributed by atoms with Gasteiger partial charge in [-0.3, -0.25) is 4.57 Å². The number of nitrogens with one attached hydrogen (secondary N) is 1. The summed E-state index contributed by atoms with van der Waals surface area (Å²) in [4.78, 5) is 7.65. The van der Waals surface area contributed by atoms with Crippen LogP contribution < -0.4 is 4.74 Å². The van der Waals surface area contributed by atoms with Gasteiger partial charge in [0.15, 0.2) is 10.4 Å². The van der Waals surface area contributed by atoms with E-state index >= 15 is 0 Å². The molecule has 4 nitrogen and oxygen atoms in total. The molecular weight excluding hydrogens is 270 g/mol. The number of aryl methyl sites for hydroxylation is 1. The molecule has 0 amide bonds. The van der Waals surface area contributed by atoms with Crippen LogP contribution in [0.25, 0.3) is 11.2 Å². The van der Waals surface area contributed by atoms with E-state index in [2.05, 4.69) is 41.2 Å². The zero-order valence-corrected chi connectivity index (χ0v) is 12.2. The summed E-state index contributed by atoms with van der Waals surface area (Å²) >= 11 is 5.39. The predicted octanol–water partition coefficient (Wildman–Crippen LogP) is 3.46. The van der Waals surface area contributed by atoms with Gasteiger partial charge in [-0.2, -0.15) is 4.98 Å². The lowest BCUT2D eigenvalue weighted by Gasteiger charge is -2.06. The minimum Gasteiger partial charge on any atom is -0.481 e. The smallest absolute Gasteiger partial charge is 0.215 e. The van der Waals surface area contributed by atoms with Crippen LogP contribution >= 0.6 is 12.2 Å². The first-order valence-corrected chi connectivity index (χ1v) is 6.77. The van der Waals surface area contributed by atoms with Gasteiger partial charge in [-0.25, -0.2) is 0 Å². The first-order chi connectivity index (χ1) is 9.67. The summed E-state index contributed by atoms with van der Waals surface area (Å²) in [6.07, 6.45) is 0. The standard InChI is InChI=1S/C15H15N3OS/c1-10-4-3-5-11(8-10)9-18-14-12(16-15(18)20)6-7-13(17-14)19-2/h3-8H,9H2,1-2H3,(H,16,20). The number of fused-ring (bicyclic) bond motifs is 1. The van der Waals surface area contributed by atoms with Crippen molar-refractivity contribution in [2.45, 2.75) is 13.5 Å². The molecule has 1 aromatic carbocycles. The number of aromatic amines is 1. The van der Waals surface area contributed by atoms with E-state index in [0.717, 1.165) is 11.2 Å². The largest absolute Gasteiger partial charge is 0.481 e. The van der Waals surface area contributed by atoms with E-state index in [-0.39, 0.29) is 0 Å². The van der Waals surface area contributed by atoms with Crippen LogP contribution in [0.5, 0.6) is 5.88 Å². The second-order valence-electron chi connectivity index (χ2n) is 4.73. The van der Waals surface area contributed by atoms with Crippen molar-refractivity contribution in [3.05, 3.63) is 52.3 Å². The molecule has 0 aliphatic heterocycles. The molecule has 1 N–H and O–H groups in total. The Balaban J connectivity index is 2.10. The zero-order chi connectivity index (χ0) is 14.1. The molecule has 0 aliphatic carbocycles. The quantitative estimate of drug-likeness (QED) is 0.749. The van der Waals surface area contributed by atoms with Gasteiger partial charge in [0.05, 0.1) is 19.2 Å². The minimum atomic E-state index is 0.587. The fraction of sp³-hybridized carbons (Fsp3) is 0.200. The molecule has 5 heteroatoms. The molecule has 0 unspecified atom stereocenters. The van der Waals surface area contributed by atoms with E-state index < -0.39 is 0 Å². The summed E-state index contributed by atoms with van der Waals surface area (Å²) in [6.45, 7) is 2.78. The molecule has 2 heterocycles. The Morgan fingerprint density at radius 1 is 1.30 bits per heavy atom. The second kappa shape index (κ2) is 5.09. The molecule has 0 saturated heterocycles. The van der Waals surface area contributed by atoms with E-state index in [4.69, 9.17) is 17.0 Å². The molecule has 3 rings (SSSR count). The Labute approximate surface area is 122 Å². The molecule has 0 saturated carbocycles. The van der Waals surface area contributed by atoms with Crippen LogP contribution in [0, 0.1) is 11.7 Å². The van der Waals surface area contributed by atoms with Crippen molar-refractivity contribution in [2.75, 3.05) is 7.11 Å². The molecule has 0 radical (unpaired) electrons. The number of pyridine rings is 1. The number of H-pyrrole nitrogens is 1. The van der Waals surface area contributed by atoms with E-state index in [1.54, 1.807) is 7.11 Å². The summed E-state index contributed by atoms with van der Waals surface area (Å²) in [5.74, 6) is 0.587. The van der Waals surface area contributed by atoms with Gasteiger partial charge in [-0.15, -0.1) is 0 Å². The lowest BCUT2D eigenvalue weighted by atomic mass is 10.1. The Kier molecular flexibility index (Phi) is 3.28. The van der Waals surface area contributed by atoms with Gasteiger partial charge in [-0.1, -0.05) is 29.8 Å². The maximum Gasteiger partial charge on any atom is 0.215 e. The van der Waals surface area contributed by atoms with Crippen molar-refractivity contribution < 1.29 is 4.74 Å². The highest BCUT2D eigenvalue weighted by atomic mass is 32.1. The summed E-state index contributed by atoms with van der Waals surface area (Å²) < 4.78 is 7.84. The van der Waals surface area contributed by atoms with Gasteiger partial charge in [0.2, 0.25) is 5.88 Å². The molecule has 3 aromatic rings. The highest BCUT2D eigenvalue weighted by Gasteiger charge is 2.08. The lowest BCUT2D eigenvalue weighted by Crippen LogP contribution is -2.01. The third-order valence-corrected chi connectivity index (χ3v) is 3.55. The summed E-state index contributed by atoms with van der Waals surface area (Å²) in [5, 5.41) is 0. The molecule has 0 atom stereocenters. The molecular formula is C15H15N3OS. The number of ether oxygens (including phenoxy) is 1. The first-order valence-electron chi connectivity index (χ1n) is 6.36. The summed E-state index contributed by atoms with van der Waals surface area (Å²) in [7, 11) is 1.61. The van der Waals surface area contributed by atoms with Crippen molar-refractivity contribution in [2.24, 2.45) is 0 Å². The Hall–Kier alpha value is -2.14. The third kappa shape index (κ3) is 2.32. The Bertz CT molecular complexity index is 819. The fourth-order valence-electron chi connectivity index (χ4n) is 2.27. The van der Waals surface area contributed by atoms with Gasteiger partial charge in [0, 0.05) is 6.07 Å². The molecule has 0 aliphatic rings. The van der Waals surface area contributed by atoms with Crippen LogP contribution in [0.4, 0.5) is 0 Å². The van der Waals surface area contributed by atoms with E-state index in [1.165, 1.54) is 11.1 Å². The number of rotatable bonds is 3. The minimum absolute atomic E-state index is 0.587. The van der Waals surface area contributed by atoms with Crippen LogP contribution in [0.3, 0.4) is 0 Å². The molecule has 102 valence electrons. The SMILES string of the molecule is COc1ccc2[nH]c(=S)n(Cc3cccc(C)c3)c2n1. The van der Waals surface area contributed by atoms with Crippen molar-refractivity contribution >= 4 is 23.4 Å². The average Bonchev–Trinajstić information content (AvgIpc) is 2.74. The Morgan fingerprint density at radius 3 is 2.90 bits per heavy atom. The normalized spacial score (nSPS) is 10.9. The number of hydrogen-bond acceptors (Lipinski definition) is 3. The van der Waals surface area contributed by atoms with Crippen molar-refractivity contribution in [3.8, 4) is 5.88 Å². The molecule has 0 bridgehead atoms. The maximum absolute atomic E-state index is 5.39. The molecule has 20 heavy (non-hydrogen) atoms. The van der Waals surface area contributed by atoms with Gasteiger partial charge in [-0.05, 0) is 30.8 Å². The maximum atomic E-state index is 5.39. The fourth-order valence-corrected chi connectivity index (χ4v) is 2.53. The van der Waals surface area contributed by atoms with Crippen LogP contribution in [-0.2, 0) is 6.54 Å². The monoisotopic (exact) mass is 285 g/mol. The molecule has 0 fully saturated rings. The van der Waals surface area contributed by atoms with Crippen molar-refractivity contribution in [3.63, 3.8) is 0 Å². The zero-order valence-electron chi connectivity index (χ0n) is 11.4. The number of hydrogen-bond donors (Lipinski definition) is 1. The van der Waals surface area contributed by atoms with E-state index in [0.29, 0.717) is 17.2 Å². The van der Waals surface area contributed by atoms with Crippen LogP contribution in [-0.4, -0.2) is 21.6 Å². The number of benzene rings is 1. The number of aromatic nitrogens is 3. The van der Waals surface area contributed by atoms with Crippen LogP contribution in [0.2, 0.25) is 0 Å². The van der Waals surface area contributed by atoms with Crippen LogP contribution in [0.15, 0.2) is 36.4 Å². The van der Waals surface area contributed by atoms with Gasteiger partial charge in [0.25, 0.3) is 0 Å². The van der Waals surface area contributed by atoms with Crippen molar-refractivity contribution in [1.29, 1.82) is 0 Å². The van der Waals surface area contributed by atoms with E-state index in [1.807, 2.05) is 16.7 Å². The highest BCUT2D eigenvalue weighted by molar-refractivity contribution is 7.71.